The molecule has 2 heterocycles. The highest BCUT2D eigenvalue weighted by molar-refractivity contribution is 5.80. The van der Waals surface area contributed by atoms with Crippen LogP contribution in [0.1, 0.15) is 36.8 Å². The van der Waals surface area contributed by atoms with E-state index in [0.29, 0.717) is 31.4 Å². The lowest BCUT2D eigenvalue weighted by Crippen LogP contribution is -2.44. The van der Waals surface area contributed by atoms with Gasteiger partial charge >= 0.3 is 0 Å². The molecule has 178 valence electrons. The van der Waals surface area contributed by atoms with Crippen molar-refractivity contribution < 1.29 is 23.1 Å². The first-order chi connectivity index (χ1) is 16.4. The van der Waals surface area contributed by atoms with Crippen molar-refractivity contribution in [1.29, 1.82) is 0 Å². The van der Waals surface area contributed by atoms with Crippen LogP contribution in [0.4, 0.5) is 8.78 Å². The SMILES string of the molecule is COc1cc(C[C@]2(CCC(=O)NCc3cn[nH]c3-c3ccc(F)cc3)CCC(=O)N2)ccc1F. The highest BCUT2D eigenvalue weighted by Gasteiger charge is 2.38. The average molecular weight is 469 g/mol. The van der Waals surface area contributed by atoms with Gasteiger partial charge in [-0.3, -0.25) is 14.7 Å². The minimum Gasteiger partial charge on any atom is -0.494 e. The molecule has 1 aliphatic heterocycles. The monoisotopic (exact) mass is 468 g/mol. The van der Waals surface area contributed by atoms with Crippen molar-refractivity contribution in [2.75, 3.05) is 7.11 Å². The minimum atomic E-state index is -0.577. The molecule has 1 aromatic heterocycles. The first-order valence-electron chi connectivity index (χ1n) is 11.1. The summed E-state index contributed by atoms with van der Waals surface area (Å²) in [5.41, 5.74) is 2.51. The third kappa shape index (κ3) is 5.41. The van der Waals surface area contributed by atoms with E-state index in [1.165, 1.54) is 25.3 Å². The van der Waals surface area contributed by atoms with Crippen molar-refractivity contribution in [2.45, 2.75) is 44.2 Å². The molecular formula is C25H26F2N4O3. The number of hydrogen-bond donors (Lipinski definition) is 3. The number of hydrogen-bond acceptors (Lipinski definition) is 4. The molecule has 3 N–H and O–H groups in total. The van der Waals surface area contributed by atoms with E-state index in [-0.39, 0.29) is 36.3 Å². The molecule has 3 aromatic rings. The first-order valence-corrected chi connectivity index (χ1v) is 11.1. The van der Waals surface area contributed by atoms with E-state index in [4.69, 9.17) is 4.74 Å². The Kier molecular flexibility index (Phi) is 6.90. The molecule has 1 saturated heterocycles. The molecule has 0 spiro atoms. The molecule has 0 bridgehead atoms. The maximum absolute atomic E-state index is 13.8. The van der Waals surface area contributed by atoms with Crippen molar-refractivity contribution in [3.8, 4) is 17.0 Å². The number of nitrogens with one attached hydrogen (secondary N) is 3. The van der Waals surface area contributed by atoms with Crippen molar-refractivity contribution >= 4 is 11.8 Å². The number of ether oxygens (including phenoxy) is 1. The van der Waals surface area contributed by atoms with Gasteiger partial charge in [-0.1, -0.05) is 6.07 Å². The number of amides is 2. The van der Waals surface area contributed by atoms with Gasteiger partial charge in [0.05, 0.1) is 19.0 Å². The molecule has 1 atom stereocenters. The molecule has 1 fully saturated rings. The van der Waals surface area contributed by atoms with Crippen molar-refractivity contribution in [1.82, 2.24) is 20.8 Å². The molecule has 2 aromatic carbocycles. The first kappa shape index (κ1) is 23.4. The van der Waals surface area contributed by atoms with Gasteiger partial charge in [0.15, 0.2) is 11.6 Å². The van der Waals surface area contributed by atoms with Crippen molar-refractivity contribution in [2.24, 2.45) is 0 Å². The van der Waals surface area contributed by atoms with E-state index in [1.807, 2.05) is 0 Å². The maximum Gasteiger partial charge on any atom is 0.220 e. The summed E-state index contributed by atoms with van der Waals surface area (Å²) in [7, 11) is 1.40. The highest BCUT2D eigenvalue weighted by Crippen LogP contribution is 2.31. The van der Waals surface area contributed by atoms with Gasteiger partial charge < -0.3 is 15.4 Å². The third-order valence-corrected chi connectivity index (χ3v) is 6.15. The summed E-state index contributed by atoms with van der Waals surface area (Å²) < 4.78 is 32.1. The molecule has 0 unspecified atom stereocenters. The zero-order chi connectivity index (χ0) is 24.1. The summed E-state index contributed by atoms with van der Waals surface area (Å²) in [6, 6.07) is 10.7. The number of halogens is 2. The van der Waals surface area contributed by atoms with E-state index in [2.05, 4.69) is 20.8 Å². The van der Waals surface area contributed by atoms with Crippen LogP contribution in [0.3, 0.4) is 0 Å². The predicted molar refractivity (Wildman–Crippen MR) is 122 cm³/mol. The van der Waals surface area contributed by atoms with Gasteiger partial charge in [0.25, 0.3) is 0 Å². The van der Waals surface area contributed by atoms with Gasteiger partial charge in [0.1, 0.15) is 5.82 Å². The van der Waals surface area contributed by atoms with Gasteiger partial charge in [-0.05, 0) is 61.2 Å². The molecule has 34 heavy (non-hydrogen) atoms. The van der Waals surface area contributed by atoms with Gasteiger partial charge in [-0.25, -0.2) is 8.78 Å². The van der Waals surface area contributed by atoms with E-state index in [0.717, 1.165) is 16.7 Å². The summed E-state index contributed by atoms with van der Waals surface area (Å²) in [4.78, 5) is 24.7. The van der Waals surface area contributed by atoms with Crippen LogP contribution >= 0.6 is 0 Å². The number of nitrogens with zero attached hydrogens (tertiary/aromatic N) is 1. The Bertz CT molecular complexity index is 1180. The zero-order valence-electron chi connectivity index (χ0n) is 18.8. The number of carbonyl (C=O) groups excluding carboxylic acids is 2. The Morgan fingerprint density at radius 1 is 1.21 bits per heavy atom. The molecule has 0 saturated carbocycles. The number of benzene rings is 2. The average Bonchev–Trinajstić information content (AvgIpc) is 3.45. The second kappa shape index (κ2) is 10.0. The van der Waals surface area contributed by atoms with Gasteiger partial charge in [0.2, 0.25) is 11.8 Å². The van der Waals surface area contributed by atoms with E-state index in [1.54, 1.807) is 30.5 Å². The number of rotatable bonds is 9. The van der Waals surface area contributed by atoms with Crippen molar-refractivity contribution in [3.63, 3.8) is 0 Å². The van der Waals surface area contributed by atoms with E-state index in [9.17, 15) is 18.4 Å². The van der Waals surface area contributed by atoms with Crippen LogP contribution < -0.4 is 15.4 Å². The molecule has 4 rings (SSSR count). The fourth-order valence-electron chi connectivity index (χ4n) is 4.33. The lowest BCUT2D eigenvalue weighted by Gasteiger charge is -2.29. The largest absolute Gasteiger partial charge is 0.494 e. The number of methoxy groups -OCH3 is 1. The number of aromatic nitrogens is 2. The number of aromatic amines is 1. The third-order valence-electron chi connectivity index (χ3n) is 6.15. The minimum absolute atomic E-state index is 0.0585. The summed E-state index contributed by atoms with van der Waals surface area (Å²) >= 11 is 0. The Labute approximate surface area is 195 Å². The quantitative estimate of drug-likeness (QED) is 0.447. The second-order valence-electron chi connectivity index (χ2n) is 8.53. The van der Waals surface area contributed by atoms with Gasteiger partial charge in [-0.15, -0.1) is 0 Å². The fraction of sp³-hybridized carbons (Fsp3) is 0.320. The standard InChI is InChI=1S/C25H26F2N4O3/c1-34-21-12-16(2-7-20(21)27)13-25(11-9-23(33)30-25)10-8-22(32)28-14-18-15-29-31-24(18)17-3-5-19(26)6-4-17/h2-7,12,15H,8-11,13-14H2,1H3,(H,28,32)(H,29,31)(H,30,33)/t25-/m0/s1. The molecule has 7 nitrogen and oxygen atoms in total. The van der Waals surface area contributed by atoms with Crippen molar-refractivity contribution in [3.05, 3.63) is 71.4 Å². The zero-order valence-corrected chi connectivity index (χ0v) is 18.8. The summed E-state index contributed by atoms with van der Waals surface area (Å²) in [6.07, 6.45) is 3.73. The molecule has 2 amide bonds. The van der Waals surface area contributed by atoms with Crippen LogP contribution in [0.2, 0.25) is 0 Å². The van der Waals surface area contributed by atoms with Gasteiger partial charge in [0, 0.05) is 36.1 Å². The van der Waals surface area contributed by atoms with Crippen LogP contribution in [0.5, 0.6) is 5.75 Å². The maximum atomic E-state index is 13.8. The topological polar surface area (TPSA) is 96.1 Å². The number of H-pyrrole nitrogens is 1. The van der Waals surface area contributed by atoms with Crippen LogP contribution in [-0.4, -0.2) is 34.7 Å². The molecular weight excluding hydrogens is 442 g/mol. The Morgan fingerprint density at radius 3 is 2.71 bits per heavy atom. The van der Waals surface area contributed by atoms with Crippen LogP contribution in [0.25, 0.3) is 11.3 Å². The van der Waals surface area contributed by atoms with Crippen LogP contribution in [-0.2, 0) is 22.6 Å². The lowest BCUT2D eigenvalue weighted by molar-refractivity contribution is -0.122. The second-order valence-corrected chi connectivity index (χ2v) is 8.53. The summed E-state index contributed by atoms with van der Waals surface area (Å²) in [5.74, 6) is -0.855. The van der Waals surface area contributed by atoms with E-state index < -0.39 is 11.4 Å². The summed E-state index contributed by atoms with van der Waals surface area (Å²) in [6.45, 7) is 0.260. The summed E-state index contributed by atoms with van der Waals surface area (Å²) in [5, 5.41) is 12.8. The Hall–Kier alpha value is -3.75. The van der Waals surface area contributed by atoms with E-state index >= 15 is 0 Å². The molecule has 0 radical (unpaired) electrons. The number of carbonyl (C=O) groups is 2. The Balaban J connectivity index is 1.37. The van der Waals surface area contributed by atoms with Crippen LogP contribution in [0.15, 0.2) is 48.7 Å². The smallest absolute Gasteiger partial charge is 0.220 e. The molecule has 9 heteroatoms. The fourth-order valence-corrected chi connectivity index (χ4v) is 4.33. The Morgan fingerprint density at radius 2 is 2.00 bits per heavy atom. The van der Waals surface area contributed by atoms with Gasteiger partial charge in [-0.2, -0.15) is 5.10 Å². The molecule has 0 aliphatic carbocycles. The highest BCUT2D eigenvalue weighted by atomic mass is 19.1. The predicted octanol–water partition coefficient (Wildman–Crippen LogP) is 3.65. The van der Waals surface area contributed by atoms with Crippen LogP contribution in [0, 0.1) is 11.6 Å². The lowest BCUT2D eigenvalue weighted by atomic mass is 9.85. The normalized spacial score (nSPS) is 17.4. The molecule has 1 aliphatic rings.